The van der Waals surface area contributed by atoms with Crippen LogP contribution in [0, 0.1) is 0 Å². The van der Waals surface area contributed by atoms with Crippen LogP contribution in [-0.4, -0.2) is 26.8 Å². The van der Waals surface area contributed by atoms with Gasteiger partial charge in [-0.2, -0.15) is 5.10 Å². The number of carboxylic acids is 1. The molecule has 1 unspecified atom stereocenters. The van der Waals surface area contributed by atoms with Crippen molar-refractivity contribution in [1.82, 2.24) is 9.78 Å². The molecule has 2 heterocycles. The Kier molecular flexibility index (Phi) is 3.29. The second-order valence-corrected chi connectivity index (χ2v) is 5.21. The first-order valence-corrected chi connectivity index (χ1v) is 6.70. The van der Waals surface area contributed by atoms with Crippen molar-refractivity contribution >= 4 is 11.9 Å². The molecule has 112 valence electrons. The van der Waals surface area contributed by atoms with Gasteiger partial charge in [0.25, 0.3) is 0 Å². The summed E-state index contributed by atoms with van der Waals surface area (Å²) < 4.78 is 6.95. The first kappa shape index (κ1) is 14.1. The van der Waals surface area contributed by atoms with Crippen LogP contribution in [0.25, 0.3) is 11.1 Å². The average molecular weight is 298 g/mol. The van der Waals surface area contributed by atoms with Gasteiger partial charge in [-0.25, -0.2) is 9.59 Å². The molecule has 0 radical (unpaired) electrons. The Morgan fingerprint density at radius 2 is 2.27 bits per heavy atom. The lowest BCUT2D eigenvalue weighted by Crippen LogP contribution is -2.03. The lowest BCUT2D eigenvalue weighted by Gasteiger charge is -2.14. The number of cyclic esters (lactones) is 1. The molecule has 1 fully saturated rings. The number of esters is 1. The first-order valence-electron chi connectivity index (χ1n) is 6.70. The molecular weight excluding hydrogens is 284 g/mol. The zero-order valence-electron chi connectivity index (χ0n) is 11.9. The number of aromatic nitrogens is 2. The lowest BCUT2D eigenvalue weighted by atomic mass is 9.94. The summed E-state index contributed by atoms with van der Waals surface area (Å²) in [6, 6.07) is 4.76. The van der Waals surface area contributed by atoms with E-state index in [1.54, 1.807) is 36.3 Å². The topological polar surface area (TPSA) is 81.4 Å². The van der Waals surface area contributed by atoms with Crippen LogP contribution in [-0.2, 0) is 16.6 Å². The molecule has 1 saturated heterocycles. The third kappa shape index (κ3) is 2.39. The minimum atomic E-state index is -1.01. The molecule has 22 heavy (non-hydrogen) atoms. The molecule has 0 saturated carbocycles. The maximum atomic E-state index is 11.6. The van der Waals surface area contributed by atoms with Gasteiger partial charge in [0.2, 0.25) is 0 Å². The Hall–Kier alpha value is -2.89. The summed E-state index contributed by atoms with van der Waals surface area (Å²) in [7, 11) is 1.78. The van der Waals surface area contributed by atoms with Gasteiger partial charge in [0.1, 0.15) is 6.10 Å². The van der Waals surface area contributed by atoms with Crippen LogP contribution in [0.5, 0.6) is 0 Å². The molecule has 0 spiro atoms. The van der Waals surface area contributed by atoms with Gasteiger partial charge in [-0.05, 0) is 17.7 Å². The second kappa shape index (κ2) is 5.14. The number of aromatic carboxylic acids is 1. The molecule has 1 N–H and O–H groups in total. The maximum absolute atomic E-state index is 11.6. The van der Waals surface area contributed by atoms with Crippen LogP contribution in [0.15, 0.2) is 42.7 Å². The van der Waals surface area contributed by atoms with E-state index in [1.165, 1.54) is 6.07 Å². The molecule has 1 aromatic heterocycles. The van der Waals surface area contributed by atoms with Crippen molar-refractivity contribution < 1.29 is 19.4 Å². The number of hydrogen-bond donors (Lipinski definition) is 1. The number of carbonyl (C=O) groups excluding carboxylic acids is 1. The molecule has 0 amide bonds. The molecule has 3 rings (SSSR count). The average Bonchev–Trinajstić information content (AvgIpc) is 3.05. The molecular formula is C16H14N2O4. The van der Waals surface area contributed by atoms with Crippen LogP contribution >= 0.6 is 0 Å². The summed E-state index contributed by atoms with van der Waals surface area (Å²) in [5.74, 6) is -1.42. The number of aryl methyl sites for hydroxylation is 1. The van der Waals surface area contributed by atoms with Crippen LogP contribution in [0.2, 0.25) is 0 Å². The number of nitrogens with zero attached hydrogens (tertiary/aromatic N) is 2. The number of carbonyl (C=O) groups is 2. The van der Waals surface area contributed by atoms with Crippen molar-refractivity contribution in [2.75, 3.05) is 0 Å². The fraction of sp³-hybridized carbons (Fsp3) is 0.188. The highest BCUT2D eigenvalue weighted by Crippen LogP contribution is 2.38. The monoisotopic (exact) mass is 298 g/mol. The minimum Gasteiger partial charge on any atom is -0.478 e. The van der Waals surface area contributed by atoms with E-state index in [0.29, 0.717) is 17.6 Å². The largest absolute Gasteiger partial charge is 0.478 e. The number of hydrogen-bond acceptors (Lipinski definition) is 4. The normalized spacial score (nSPS) is 17.6. The SMILES string of the molecule is C=C1CC(c2ccc(C(=O)O)cc2-c2cnn(C)c2)OC1=O. The molecule has 1 aliphatic rings. The Morgan fingerprint density at radius 3 is 2.82 bits per heavy atom. The van der Waals surface area contributed by atoms with Gasteiger partial charge in [-0.3, -0.25) is 4.68 Å². The van der Waals surface area contributed by atoms with Crippen molar-refractivity contribution in [2.24, 2.45) is 7.05 Å². The lowest BCUT2D eigenvalue weighted by molar-refractivity contribution is -0.139. The molecule has 2 aromatic rings. The van der Waals surface area contributed by atoms with Gasteiger partial charge in [0, 0.05) is 36.4 Å². The van der Waals surface area contributed by atoms with Gasteiger partial charge >= 0.3 is 11.9 Å². The first-order chi connectivity index (χ1) is 10.5. The highest BCUT2D eigenvalue weighted by Gasteiger charge is 2.30. The highest BCUT2D eigenvalue weighted by molar-refractivity contribution is 5.92. The summed E-state index contributed by atoms with van der Waals surface area (Å²) in [4.78, 5) is 22.8. The number of carboxylic acid groups (broad SMARTS) is 1. The van der Waals surface area contributed by atoms with E-state index in [2.05, 4.69) is 11.7 Å². The zero-order valence-corrected chi connectivity index (χ0v) is 11.9. The van der Waals surface area contributed by atoms with E-state index in [4.69, 9.17) is 4.74 Å². The Bertz CT molecular complexity index is 775. The molecule has 0 aliphatic carbocycles. The van der Waals surface area contributed by atoms with Gasteiger partial charge in [-0.1, -0.05) is 12.6 Å². The quantitative estimate of drug-likeness (QED) is 0.694. The molecule has 1 aliphatic heterocycles. The molecule has 1 aromatic carbocycles. The summed E-state index contributed by atoms with van der Waals surface area (Å²) in [5.41, 5.74) is 2.81. The van der Waals surface area contributed by atoms with Crippen molar-refractivity contribution in [3.8, 4) is 11.1 Å². The van der Waals surface area contributed by atoms with Crippen LogP contribution < -0.4 is 0 Å². The second-order valence-electron chi connectivity index (χ2n) is 5.21. The molecule has 6 nitrogen and oxygen atoms in total. The van der Waals surface area contributed by atoms with Gasteiger partial charge < -0.3 is 9.84 Å². The van der Waals surface area contributed by atoms with Gasteiger partial charge in [-0.15, -0.1) is 0 Å². The Balaban J connectivity index is 2.11. The van der Waals surface area contributed by atoms with Crippen LogP contribution in [0.1, 0.15) is 28.4 Å². The molecule has 0 bridgehead atoms. The Morgan fingerprint density at radius 1 is 1.50 bits per heavy atom. The third-order valence-corrected chi connectivity index (χ3v) is 3.63. The van der Waals surface area contributed by atoms with E-state index in [0.717, 1.165) is 11.1 Å². The van der Waals surface area contributed by atoms with Crippen molar-refractivity contribution in [2.45, 2.75) is 12.5 Å². The van der Waals surface area contributed by atoms with Crippen molar-refractivity contribution in [1.29, 1.82) is 0 Å². The van der Waals surface area contributed by atoms with Gasteiger partial charge in [0.05, 0.1) is 11.8 Å². The summed E-state index contributed by atoms with van der Waals surface area (Å²) >= 11 is 0. The van der Waals surface area contributed by atoms with Crippen molar-refractivity contribution in [3.63, 3.8) is 0 Å². The fourth-order valence-electron chi connectivity index (χ4n) is 2.52. The van der Waals surface area contributed by atoms with E-state index in [1.807, 2.05) is 0 Å². The molecule has 6 heteroatoms. The molecule has 1 atom stereocenters. The predicted molar refractivity (Wildman–Crippen MR) is 78.2 cm³/mol. The smallest absolute Gasteiger partial charge is 0.335 e. The summed E-state index contributed by atoms with van der Waals surface area (Å²) in [5, 5.41) is 13.3. The number of ether oxygens (including phenoxy) is 1. The minimum absolute atomic E-state index is 0.172. The number of rotatable bonds is 3. The summed E-state index contributed by atoms with van der Waals surface area (Å²) in [6.45, 7) is 3.68. The highest BCUT2D eigenvalue weighted by atomic mass is 16.5. The fourth-order valence-corrected chi connectivity index (χ4v) is 2.52. The Labute approximate surface area is 126 Å². The zero-order chi connectivity index (χ0) is 15.9. The van der Waals surface area contributed by atoms with Crippen LogP contribution in [0.4, 0.5) is 0 Å². The standard InChI is InChI=1S/C16H14N2O4/c1-9-5-14(22-16(9)21)12-4-3-10(15(19)20)6-13(12)11-7-17-18(2)8-11/h3-4,6-8,14H,1,5H2,2H3,(H,19,20). The van der Waals surface area contributed by atoms with E-state index < -0.39 is 18.0 Å². The third-order valence-electron chi connectivity index (χ3n) is 3.63. The summed E-state index contributed by atoms with van der Waals surface area (Å²) in [6.07, 6.45) is 3.39. The maximum Gasteiger partial charge on any atom is 0.335 e. The van der Waals surface area contributed by atoms with E-state index in [9.17, 15) is 14.7 Å². The van der Waals surface area contributed by atoms with Gasteiger partial charge in [0.15, 0.2) is 0 Å². The van der Waals surface area contributed by atoms with Crippen LogP contribution in [0.3, 0.4) is 0 Å². The van der Waals surface area contributed by atoms with E-state index >= 15 is 0 Å². The number of benzene rings is 1. The van der Waals surface area contributed by atoms with Crippen molar-refractivity contribution in [3.05, 3.63) is 53.9 Å². The van der Waals surface area contributed by atoms with E-state index in [-0.39, 0.29) is 5.56 Å². The predicted octanol–water partition coefficient (Wildman–Crippen LogP) is 2.33.